The standard InChI is InChI=1S/C22H32N3O9PS/c1-14(26)36-11-10-24-18(27)8-9-25-20(28)19-22(2,3)13-32-35(31,34-19)33-16-6-4-15(5-7-16)12-17(23)21(29)30/h4-7,17,19H,8-13,23H2,1-3H3,(H,24,27)(H,25,28)(H,29,30)/t17-,19-,35?/m0/s1. The number of carbonyl (C=O) groups is 4. The molecule has 1 aliphatic heterocycles. The van der Waals surface area contributed by atoms with Gasteiger partial charge in [0.25, 0.3) is 5.91 Å². The van der Waals surface area contributed by atoms with Crippen LogP contribution in [0.15, 0.2) is 24.3 Å². The topological polar surface area (TPSA) is 183 Å². The molecule has 1 fully saturated rings. The molecule has 2 amide bonds. The zero-order chi connectivity index (χ0) is 26.9. The zero-order valence-corrected chi connectivity index (χ0v) is 22.1. The maximum atomic E-state index is 13.1. The Bertz CT molecular complexity index is 1000. The molecular weight excluding hydrogens is 513 g/mol. The third-order valence-electron chi connectivity index (χ3n) is 5.07. The summed E-state index contributed by atoms with van der Waals surface area (Å²) in [5.74, 6) is -1.37. The second-order valence-electron chi connectivity index (χ2n) is 8.81. The number of benzene rings is 1. The van der Waals surface area contributed by atoms with Gasteiger partial charge >= 0.3 is 13.8 Å². The van der Waals surface area contributed by atoms with Crippen molar-refractivity contribution in [1.29, 1.82) is 0 Å². The zero-order valence-electron chi connectivity index (χ0n) is 20.4. The molecule has 1 heterocycles. The molecule has 0 aliphatic carbocycles. The van der Waals surface area contributed by atoms with E-state index >= 15 is 0 Å². The number of carboxylic acid groups (broad SMARTS) is 1. The van der Waals surface area contributed by atoms with Crippen molar-refractivity contribution in [2.75, 3.05) is 25.4 Å². The molecule has 0 radical (unpaired) electrons. The summed E-state index contributed by atoms with van der Waals surface area (Å²) in [7, 11) is -4.15. The first-order valence-electron chi connectivity index (χ1n) is 11.2. The number of nitrogens with two attached hydrogens (primary N) is 1. The molecule has 12 nitrogen and oxygen atoms in total. The highest BCUT2D eigenvalue weighted by Crippen LogP contribution is 2.56. The van der Waals surface area contributed by atoms with E-state index in [0.29, 0.717) is 17.9 Å². The summed E-state index contributed by atoms with van der Waals surface area (Å²) in [6.45, 7) is 5.15. The minimum atomic E-state index is -4.15. The predicted octanol–water partition coefficient (Wildman–Crippen LogP) is 1.47. The van der Waals surface area contributed by atoms with Gasteiger partial charge in [0.2, 0.25) is 5.91 Å². The van der Waals surface area contributed by atoms with Crippen LogP contribution in [-0.2, 0) is 39.2 Å². The molecule has 36 heavy (non-hydrogen) atoms. The molecule has 0 bridgehead atoms. The number of hydrogen-bond donors (Lipinski definition) is 4. The quantitative estimate of drug-likeness (QED) is 0.220. The fourth-order valence-electron chi connectivity index (χ4n) is 3.10. The number of aliphatic carboxylic acids is 1. The average Bonchev–Trinajstić information content (AvgIpc) is 2.79. The lowest BCUT2D eigenvalue weighted by atomic mass is 9.87. The molecule has 0 aromatic heterocycles. The fourth-order valence-corrected chi connectivity index (χ4v) is 5.25. The summed E-state index contributed by atoms with van der Waals surface area (Å²) in [5, 5.41) is 14.1. The first-order valence-corrected chi connectivity index (χ1v) is 13.6. The lowest BCUT2D eigenvalue weighted by molar-refractivity contribution is -0.140. The Kier molecular flexibility index (Phi) is 10.9. The second-order valence-corrected chi connectivity index (χ2v) is 11.6. The largest absolute Gasteiger partial charge is 0.530 e. The summed E-state index contributed by atoms with van der Waals surface area (Å²) in [5.41, 5.74) is 5.34. The lowest BCUT2D eigenvalue weighted by Gasteiger charge is -2.39. The van der Waals surface area contributed by atoms with E-state index < -0.39 is 37.3 Å². The first-order chi connectivity index (χ1) is 16.8. The van der Waals surface area contributed by atoms with Gasteiger partial charge < -0.3 is 26.0 Å². The van der Waals surface area contributed by atoms with Crippen molar-refractivity contribution in [3.63, 3.8) is 0 Å². The Morgan fingerprint density at radius 1 is 1.22 bits per heavy atom. The summed E-state index contributed by atoms with van der Waals surface area (Å²) >= 11 is 1.11. The van der Waals surface area contributed by atoms with Crippen LogP contribution in [0.4, 0.5) is 0 Å². The smallest absolute Gasteiger partial charge is 0.480 e. The third-order valence-corrected chi connectivity index (χ3v) is 7.23. The Labute approximate surface area is 213 Å². The molecular formula is C22H32N3O9PS. The Morgan fingerprint density at radius 3 is 2.50 bits per heavy atom. The number of rotatable bonds is 12. The monoisotopic (exact) mass is 545 g/mol. The molecule has 14 heteroatoms. The van der Waals surface area contributed by atoms with Crippen LogP contribution in [0, 0.1) is 5.41 Å². The van der Waals surface area contributed by atoms with E-state index in [1.165, 1.54) is 19.1 Å². The number of phosphoric ester groups is 1. The van der Waals surface area contributed by atoms with Crippen molar-refractivity contribution in [3.05, 3.63) is 29.8 Å². The average molecular weight is 546 g/mol. The maximum absolute atomic E-state index is 13.1. The van der Waals surface area contributed by atoms with Crippen molar-refractivity contribution in [3.8, 4) is 5.75 Å². The fraction of sp³-hybridized carbons (Fsp3) is 0.545. The highest BCUT2D eigenvalue weighted by Gasteiger charge is 2.49. The van der Waals surface area contributed by atoms with E-state index in [1.54, 1.807) is 26.0 Å². The molecule has 2 rings (SSSR count). The van der Waals surface area contributed by atoms with E-state index in [2.05, 4.69) is 10.6 Å². The predicted molar refractivity (Wildman–Crippen MR) is 132 cm³/mol. The summed E-state index contributed by atoms with van der Waals surface area (Å²) < 4.78 is 29.4. The highest BCUT2D eigenvalue weighted by atomic mass is 32.2. The van der Waals surface area contributed by atoms with Crippen LogP contribution in [-0.4, -0.2) is 65.6 Å². The molecule has 1 aromatic rings. The van der Waals surface area contributed by atoms with E-state index in [0.717, 1.165) is 11.8 Å². The van der Waals surface area contributed by atoms with Crippen molar-refractivity contribution < 1.29 is 42.4 Å². The molecule has 1 saturated heterocycles. The SMILES string of the molecule is CC(=O)SCCNC(=O)CCNC(=O)[C@@H]1OP(=O)(Oc2ccc(C[C@H](N)C(=O)O)cc2)OCC1(C)C. The van der Waals surface area contributed by atoms with Crippen LogP contribution in [0.25, 0.3) is 0 Å². The number of carboxylic acids is 1. The van der Waals surface area contributed by atoms with Gasteiger partial charge in [-0.1, -0.05) is 37.7 Å². The van der Waals surface area contributed by atoms with Crippen LogP contribution < -0.4 is 20.9 Å². The second kappa shape index (κ2) is 13.2. The summed E-state index contributed by atoms with van der Waals surface area (Å²) in [6, 6.07) is 5.04. The van der Waals surface area contributed by atoms with Crippen molar-refractivity contribution in [1.82, 2.24) is 10.6 Å². The molecule has 5 N–H and O–H groups in total. The molecule has 0 spiro atoms. The molecule has 1 aromatic carbocycles. The Balaban J connectivity index is 1.90. The van der Waals surface area contributed by atoms with E-state index in [9.17, 15) is 23.7 Å². The van der Waals surface area contributed by atoms with Crippen LogP contribution in [0.2, 0.25) is 0 Å². The third kappa shape index (κ3) is 9.55. The van der Waals surface area contributed by atoms with Gasteiger partial charge in [0.15, 0.2) is 11.2 Å². The normalized spacial score (nSPS) is 21.7. The number of thioether (sulfide) groups is 1. The van der Waals surface area contributed by atoms with Gasteiger partial charge in [0.1, 0.15) is 11.8 Å². The molecule has 3 atom stereocenters. The van der Waals surface area contributed by atoms with Crippen LogP contribution in [0.5, 0.6) is 5.75 Å². The van der Waals surface area contributed by atoms with Crippen LogP contribution >= 0.6 is 19.6 Å². The summed E-state index contributed by atoms with van der Waals surface area (Å²) in [6.07, 6.45) is -1.04. The molecule has 200 valence electrons. The van der Waals surface area contributed by atoms with Gasteiger partial charge in [-0.2, -0.15) is 0 Å². The minimum absolute atomic E-state index is 0.0200. The van der Waals surface area contributed by atoms with Gasteiger partial charge in [-0.3, -0.25) is 28.2 Å². The number of carbonyl (C=O) groups excluding carboxylic acids is 3. The molecule has 1 aliphatic rings. The van der Waals surface area contributed by atoms with E-state index in [1.807, 2.05) is 0 Å². The minimum Gasteiger partial charge on any atom is -0.480 e. The van der Waals surface area contributed by atoms with Gasteiger partial charge in [-0.25, -0.2) is 4.57 Å². The van der Waals surface area contributed by atoms with Crippen LogP contribution in [0.1, 0.15) is 32.8 Å². The number of amides is 2. The van der Waals surface area contributed by atoms with Gasteiger partial charge in [0, 0.05) is 37.6 Å². The van der Waals surface area contributed by atoms with Gasteiger partial charge in [-0.05, 0) is 24.1 Å². The highest BCUT2D eigenvalue weighted by molar-refractivity contribution is 8.13. The van der Waals surface area contributed by atoms with Crippen molar-refractivity contribution in [2.24, 2.45) is 11.1 Å². The summed E-state index contributed by atoms with van der Waals surface area (Å²) in [4.78, 5) is 46.4. The molecule has 1 unspecified atom stereocenters. The first kappa shape index (κ1) is 29.8. The Morgan fingerprint density at radius 2 is 1.89 bits per heavy atom. The van der Waals surface area contributed by atoms with Crippen molar-refractivity contribution in [2.45, 2.75) is 45.8 Å². The van der Waals surface area contributed by atoms with E-state index in [4.69, 9.17) is 24.4 Å². The van der Waals surface area contributed by atoms with Gasteiger partial charge in [-0.15, -0.1) is 0 Å². The van der Waals surface area contributed by atoms with E-state index in [-0.39, 0.29) is 42.8 Å². The van der Waals surface area contributed by atoms with Crippen molar-refractivity contribution >= 4 is 42.5 Å². The number of phosphoric acid groups is 1. The number of nitrogens with one attached hydrogen (secondary N) is 2. The maximum Gasteiger partial charge on any atom is 0.530 e. The van der Waals surface area contributed by atoms with Gasteiger partial charge in [0.05, 0.1) is 6.61 Å². The van der Waals surface area contributed by atoms with Crippen LogP contribution in [0.3, 0.4) is 0 Å². The Hall–Kier alpha value is -2.44. The number of hydrogen-bond acceptors (Lipinski definition) is 10. The molecule has 0 saturated carbocycles. The lowest BCUT2D eigenvalue weighted by Crippen LogP contribution is -2.50.